The van der Waals surface area contributed by atoms with Gasteiger partial charge in [-0.25, -0.2) is 0 Å². The molecule has 0 bridgehead atoms. The van der Waals surface area contributed by atoms with Gasteiger partial charge in [0.1, 0.15) is 0 Å². The number of hydrogen-bond acceptors (Lipinski definition) is 4. The van der Waals surface area contributed by atoms with Crippen LogP contribution in [0, 0.1) is 8.99 Å². The molecule has 3 aromatic rings. The molecule has 4 nitrogen and oxygen atoms in total. The summed E-state index contributed by atoms with van der Waals surface area (Å²) in [6.07, 6.45) is 1.37. The van der Waals surface area contributed by atoms with Crippen LogP contribution in [0.2, 0.25) is 0 Å². The Morgan fingerprint density at radius 2 is 1.94 bits per heavy atom. The quantitative estimate of drug-likeness (QED) is 0.357. The fraction of sp³-hybridized carbons (Fsp3) is 0.296. The third-order valence-electron chi connectivity index (χ3n) is 6.42. The SMILES string of the molecule is CCOc1cc([C@H]2Nc3ccc4ccccc4c3C3=C2C(=O)CC(C)(C)C3)cc(I)c1O. The number of halogens is 1. The predicted molar refractivity (Wildman–Crippen MR) is 137 cm³/mol. The number of carbonyl (C=O) groups excluding carboxylic acids is 1. The lowest BCUT2D eigenvalue weighted by Crippen LogP contribution is -2.33. The zero-order valence-electron chi connectivity index (χ0n) is 18.5. The monoisotopic (exact) mass is 539 g/mol. The number of ketones is 1. The largest absolute Gasteiger partial charge is 0.504 e. The molecule has 2 N–H and O–H groups in total. The van der Waals surface area contributed by atoms with E-state index in [-0.39, 0.29) is 23.0 Å². The van der Waals surface area contributed by atoms with Gasteiger partial charge < -0.3 is 15.2 Å². The van der Waals surface area contributed by atoms with E-state index in [0.29, 0.717) is 22.3 Å². The highest BCUT2D eigenvalue weighted by Gasteiger charge is 2.41. The van der Waals surface area contributed by atoms with E-state index in [1.807, 2.05) is 25.1 Å². The van der Waals surface area contributed by atoms with Crippen LogP contribution >= 0.6 is 22.6 Å². The maximum atomic E-state index is 13.6. The Labute approximate surface area is 201 Å². The molecule has 32 heavy (non-hydrogen) atoms. The van der Waals surface area contributed by atoms with Crippen molar-refractivity contribution in [3.05, 3.63) is 68.8 Å². The highest BCUT2D eigenvalue weighted by Crippen LogP contribution is 2.52. The minimum atomic E-state index is -0.282. The molecule has 0 unspecified atom stereocenters. The molecule has 1 aliphatic heterocycles. The molecule has 0 aromatic heterocycles. The van der Waals surface area contributed by atoms with Gasteiger partial charge in [0.15, 0.2) is 17.3 Å². The predicted octanol–water partition coefficient (Wildman–Crippen LogP) is 6.86. The Hall–Kier alpha value is -2.54. The second-order valence-electron chi connectivity index (χ2n) is 9.40. The third kappa shape index (κ3) is 3.47. The van der Waals surface area contributed by atoms with Gasteiger partial charge in [-0.05, 0) is 81.5 Å². The van der Waals surface area contributed by atoms with Gasteiger partial charge in [0.05, 0.1) is 16.2 Å². The lowest BCUT2D eigenvalue weighted by atomic mass is 9.68. The van der Waals surface area contributed by atoms with Gasteiger partial charge in [-0.3, -0.25) is 4.79 Å². The van der Waals surface area contributed by atoms with Crippen molar-refractivity contribution in [3.63, 3.8) is 0 Å². The normalized spacial score (nSPS) is 19.4. The molecule has 0 amide bonds. The number of rotatable bonds is 3. The van der Waals surface area contributed by atoms with Crippen LogP contribution in [0.15, 0.2) is 54.1 Å². The molecule has 1 heterocycles. The molecular formula is C27H26INO3. The van der Waals surface area contributed by atoms with Crippen LogP contribution in [-0.4, -0.2) is 17.5 Å². The van der Waals surface area contributed by atoms with Crippen LogP contribution in [0.1, 0.15) is 50.8 Å². The van der Waals surface area contributed by atoms with Crippen molar-refractivity contribution in [1.82, 2.24) is 0 Å². The minimum Gasteiger partial charge on any atom is -0.504 e. The molecule has 2 aliphatic rings. The first-order valence-electron chi connectivity index (χ1n) is 11.0. The summed E-state index contributed by atoms with van der Waals surface area (Å²) in [4.78, 5) is 13.6. The second-order valence-corrected chi connectivity index (χ2v) is 10.6. The summed E-state index contributed by atoms with van der Waals surface area (Å²) in [5, 5.41) is 16.5. The lowest BCUT2D eigenvalue weighted by Gasteiger charge is -2.40. The van der Waals surface area contributed by atoms with Gasteiger partial charge in [0.25, 0.3) is 0 Å². The number of aromatic hydroxyl groups is 1. The Morgan fingerprint density at radius 3 is 2.72 bits per heavy atom. The van der Waals surface area contributed by atoms with Crippen LogP contribution in [0.4, 0.5) is 5.69 Å². The maximum absolute atomic E-state index is 13.6. The molecule has 164 valence electrons. The van der Waals surface area contributed by atoms with E-state index >= 15 is 0 Å². The van der Waals surface area contributed by atoms with Gasteiger partial charge in [-0.2, -0.15) is 0 Å². The lowest BCUT2D eigenvalue weighted by molar-refractivity contribution is -0.118. The van der Waals surface area contributed by atoms with Gasteiger partial charge in [-0.1, -0.05) is 44.2 Å². The van der Waals surface area contributed by atoms with E-state index in [0.717, 1.165) is 34.4 Å². The number of phenols is 1. The first-order chi connectivity index (χ1) is 15.3. The van der Waals surface area contributed by atoms with Gasteiger partial charge in [0, 0.05) is 23.2 Å². The van der Waals surface area contributed by atoms with Crippen molar-refractivity contribution in [2.45, 2.75) is 39.7 Å². The number of anilines is 1. The van der Waals surface area contributed by atoms with Gasteiger partial charge in [-0.15, -0.1) is 0 Å². The van der Waals surface area contributed by atoms with Crippen molar-refractivity contribution in [3.8, 4) is 11.5 Å². The average Bonchev–Trinajstić information content (AvgIpc) is 2.75. The topological polar surface area (TPSA) is 58.6 Å². The van der Waals surface area contributed by atoms with Gasteiger partial charge >= 0.3 is 0 Å². The summed E-state index contributed by atoms with van der Waals surface area (Å²) in [6.45, 7) is 6.70. The van der Waals surface area contributed by atoms with Crippen LogP contribution in [0.5, 0.6) is 11.5 Å². The molecule has 0 spiro atoms. The number of carbonyl (C=O) groups is 1. The number of hydrogen-bond donors (Lipinski definition) is 2. The average molecular weight is 539 g/mol. The molecule has 0 radical (unpaired) electrons. The first-order valence-corrected chi connectivity index (χ1v) is 12.1. The summed E-state index contributed by atoms with van der Waals surface area (Å²) in [6, 6.07) is 16.1. The number of nitrogens with one attached hydrogen (secondary N) is 1. The van der Waals surface area contributed by atoms with E-state index in [2.05, 4.69) is 72.1 Å². The Balaban J connectivity index is 1.77. The van der Waals surface area contributed by atoms with E-state index in [4.69, 9.17) is 4.74 Å². The van der Waals surface area contributed by atoms with E-state index in [9.17, 15) is 9.90 Å². The fourth-order valence-corrected chi connectivity index (χ4v) is 5.74. The summed E-state index contributed by atoms with van der Waals surface area (Å²) in [7, 11) is 0. The van der Waals surface area contributed by atoms with E-state index in [1.165, 1.54) is 10.8 Å². The van der Waals surface area contributed by atoms with Crippen molar-refractivity contribution in [2.24, 2.45) is 5.41 Å². The summed E-state index contributed by atoms with van der Waals surface area (Å²) < 4.78 is 6.40. The minimum absolute atomic E-state index is 0.0914. The molecular weight excluding hydrogens is 513 g/mol. The van der Waals surface area contributed by atoms with Crippen LogP contribution in [0.25, 0.3) is 16.3 Å². The number of phenolic OH excluding ortho intramolecular Hbond substituents is 1. The number of ether oxygens (including phenoxy) is 1. The van der Waals surface area contributed by atoms with Crippen molar-refractivity contribution >= 4 is 50.4 Å². The molecule has 0 fully saturated rings. The number of allylic oxidation sites excluding steroid dienone is 1. The summed E-state index contributed by atoms with van der Waals surface area (Å²) >= 11 is 2.12. The Bertz CT molecular complexity index is 1290. The number of fused-ring (bicyclic) bond motifs is 4. The Kier molecular flexibility index (Phi) is 5.19. The summed E-state index contributed by atoms with van der Waals surface area (Å²) in [5.41, 5.74) is 5.01. The van der Waals surface area contributed by atoms with Crippen LogP contribution in [-0.2, 0) is 4.79 Å². The third-order valence-corrected chi connectivity index (χ3v) is 7.25. The van der Waals surface area contributed by atoms with Crippen molar-refractivity contribution in [1.29, 1.82) is 0 Å². The van der Waals surface area contributed by atoms with Gasteiger partial charge in [0.2, 0.25) is 0 Å². The van der Waals surface area contributed by atoms with Crippen molar-refractivity contribution < 1.29 is 14.6 Å². The van der Waals surface area contributed by atoms with Crippen molar-refractivity contribution in [2.75, 3.05) is 11.9 Å². The second kappa shape index (κ2) is 7.80. The zero-order valence-corrected chi connectivity index (χ0v) is 20.6. The standard InChI is InChI=1S/C27H26INO3/c1-4-32-22-12-16(11-19(28)26(22)31)25-24-18(13-27(2,3)14-21(24)30)23-17-8-6-5-7-15(17)9-10-20(23)29-25/h5-12,25,29,31H,4,13-14H2,1-3H3/t25-/m1/s1. The zero-order chi connectivity index (χ0) is 22.6. The van der Waals surface area contributed by atoms with Crippen LogP contribution < -0.4 is 10.1 Å². The smallest absolute Gasteiger partial charge is 0.171 e. The molecule has 1 aliphatic carbocycles. The molecule has 5 heteroatoms. The molecule has 3 aromatic carbocycles. The first kappa shape index (κ1) is 21.3. The highest BCUT2D eigenvalue weighted by molar-refractivity contribution is 14.1. The molecule has 5 rings (SSSR count). The number of benzene rings is 3. The van der Waals surface area contributed by atoms with Crippen LogP contribution in [0.3, 0.4) is 0 Å². The number of Topliss-reactive ketones (excluding diaryl/α,β-unsaturated/α-hetero) is 1. The maximum Gasteiger partial charge on any atom is 0.171 e. The van der Waals surface area contributed by atoms with E-state index < -0.39 is 0 Å². The Morgan fingerprint density at radius 1 is 1.16 bits per heavy atom. The highest BCUT2D eigenvalue weighted by atomic mass is 127. The summed E-state index contributed by atoms with van der Waals surface area (Å²) in [5.74, 6) is 0.781. The fourth-order valence-electron chi connectivity index (χ4n) is 5.11. The molecule has 0 saturated heterocycles. The molecule has 0 saturated carbocycles. The van der Waals surface area contributed by atoms with E-state index in [1.54, 1.807) is 0 Å². The molecule has 1 atom stereocenters.